The molecule has 102 valence electrons. The zero-order valence-corrected chi connectivity index (χ0v) is 11.2. The lowest BCUT2D eigenvalue weighted by atomic mass is 9.99. The molecular formula is C14H22FNO2. The van der Waals surface area contributed by atoms with Crippen LogP contribution in [0.15, 0.2) is 18.2 Å². The lowest BCUT2D eigenvalue weighted by Crippen LogP contribution is -2.34. The first-order valence-electron chi connectivity index (χ1n) is 6.32. The van der Waals surface area contributed by atoms with E-state index in [0.29, 0.717) is 12.8 Å². The Morgan fingerprint density at radius 2 is 2.00 bits per heavy atom. The number of benzene rings is 1. The van der Waals surface area contributed by atoms with E-state index in [0.717, 1.165) is 5.56 Å². The van der Waals surface area contributed by atoms with E-state index in [1.807, 2.05) is 13.8 Å². The molecular weight excluding hydrogens is 233 g/mol. The number of hydrogen-bond acceptors (Lipinski definition) is 3. The summed E-state index contributed by atoms with van der Waals surface area (Å²) in [5.74, 6) is -0.293. The maximum atomic E-state index is 13.7. The maximum Gasteiger partial charge on any atom is 0.165 e. The van der Waals surface area contributed by atoms with Gasteiger partial charge in [0.05, 0.1) is 5.60 Å². The van der Waals surface area contributed by atoms with Crippen LogP contribution in [0.1, 0.15) is 45.2 Å². The molecule has 0 bridgehead atoms. The quantitative estimate of drug-likeness (QED) is 0.821. The predicted octanol–water partition coefficient (Wildman–Crippen LogP) is 2.78. The minimum absolute atomic E-state index is 0.0917. The molecule has 3 N–H and O–H groups in total. The van der Waals surface area contributed by atoms with Crippen molar-refractivity contribution in [2.75, 3.05) is 6.61 Å². The molecule has 1 atom stereocenters. The van der Waals surface area contributed by atoms with Crippen molar-refractivity contribution >= 4 is 0 Å². The molecule has 0 heterocycles. The molecule has 18 heavy (non-hydrogen) atoms. The van der Waals surface area contributed by atoms with Gasteiger partial charge in [-0.05, 0) is 37.5 Å². The second-order valence-electron chi connectivity index (χ2n) is 4.70. The highest BCUT2D eigenvalue weighted by atomic mass is 19.1. The summed E-state index contributed by atoms with van der Waals surface area (Å²) in [7, 11) is 0. The second kappa shape index (κ2) is 6.16. The number of halogens is 1. The first kappa shape index (κ1) is 14.9. The number of ether oxygens (including phenoxy) is 1. The van der Waals surface area contributed by atoms with Gasteiger partial charge in [-0.2, -0.15) is 0 Å². The van der Waals surface area contributed by atoms with Crippen LogP contribution in [0, 0.1) is 5.82 Å². The summed E-state index contributed by atoms with van der Waals surface area (Å²) in [6.45, 7) is 5.64. The van der Waals surface area contributed by atoms with Gasteiger partial charge in [0.25, 0.3) is 0 Å². The molecule has 0 aliphatic heterocycles. The van der Waals surface area contributed by atoms with Crippen molar-refractivity contribution in [3.05, 3.63) is 29.6 Å². The first-order chi connectivity index (χ1) is 8.41. The summed E-state index contributed by atoms with van der Waals surface area (Å²) < 4.78 is 19.1. The van der Waals surface area contributed by atoms with Crippen molar-refractivity contribution in [2.24, 2.45) is 5.73 Å². The van der Waals surface area contributed by atoms with E-state index >= 15 is 0 Å². The van der Waals surface area contributed by atoms with Gasteiger partial charge in [-0.15, -0.1) is 0 Å². The van der Waals surface area contributed by atoms with Crippen molar-refractivity contribution in [3.63, 3.8) is 0 Å². The van der Waals surface area contributed by atoms with Gasteiger partial charge < -0.3 is 15.6 Å². The molecule has 0 radical (unpaired) electrons. The molecule has 0 aliphatic carbocycles. The fraction of sp³-hybridized carbons (Fsp3) is 0.571. The lowest BCUT2D eigenvalue weighted by Gasteiger charge is -2.25. The van der Waals surface area contributed by atoms with Crippen LogP contribution in [-0.2, 0) is 0 Å². The van der Waals surface area contributed by atoms with Crippen molar-refractivity contribution in [3.8, 4) is 5.75 Å². The summed E-state index contributed by atoms with van der Waals surface area (Å²) in [6, 6.07) is 4.45. The van der Waals surface area contributed by atoms with Gasteiger partial charge >= 0.3 is 0 Å². The van der Waals surface area contributed by atoms with E-state index in [4.69, 9.17) is 10.5 Å². The Morgan fingerprint density at radius 3 is 2.44 bits per heavy atom. The molecule has 3 nitrogen and oxygen atoms in total. The molecule has 0 saturated carbocycles. The number of nitrogens with two attached hydrogens (primary N) is 1. The molecule has 1 aromatic carbocycles. The van der Waals surface area contributed by atoms with E-state index in [1.165, 1.54) is 6.07 Å². The Labute approximate surface area is 108 Å². The van der Waals surface area contributed by atoms with Crippen LogP contribution >= 0.6 is 0 Å². The number of hydrogen-bond donors (Lipinski definition) is 2. The van der Waals surface area contributed by atoms with Gasteiger partial charge in [-0.1, -0.05) is 19.9 Å². The van der Waals surface area contributed by atoms with E-state index in [9.17, 15) is 9.50 Å². The third kappa shape index (κ3) is 3.68. The second-order valence-corrected chi connectivity index (χ2v) is 4.70. The van der Waals surface area contributed by atoms with Crippen molar-refractivity contribution in [1.82, 2.24) is 0 Å². The summed E-state index contributed by atoms with van der Waals surface area (Å²) >= 11 is 0. The average molecular weight is 255 g/mol. The van der Waals surface area contributed by atoms with Crippen LogP contribution in [0.2, 0.25) is 0 Å². The van der Waals surface area contributed by atoms with Gasteiger partial charge in [0.2, 0.25) is 0 Å². The largest absolute Gasteiger partial charge is 0.488 e. The van der Waals surface area contributed by atoms with Crippen LogP contribution in [0.3, 0.4) is 0 Å². The summed E-state index contributed by atoms with van der Waals surface area (Å²) in [5, 5.41) is 10.1. The van der Waals surface area contributed by atoms with Gasteiger partial charge in [-0.25, -0.2) is 4.39 Å². The SMILES string of the molecule is CCC(O)(CC)COc1ccc([C@@H](C)N)cc1F. The van der Waals surface area contributed by atoms with Crippen molar-refractivity contribution < 1.29 is 14.2 Å². The Balaban J connectivity index is 2.74. The highest BCUT2D eigenvalue weighted by molar-refractivity contribution is 5.30. The first-order valence-corrected chi connectivity index (χ1v) is 6.32. The highest BCUT2D eigenvalue weighted by Gasteiger charge is 2.23. The number of aliphatic hydroxyl groups is 1. The summed E-state index contributed by atoms with van der Waals surface area (Å²) in [5.41, 5.74) is 5.50. The summed E-state index contributed by atoms with van der Waals surface area (Å²) in [4.78, 5) is 0. The molecule has 1 aromatic rings. The molecule has 0 aromatic heterocycles. The minimum Gasteiger partial charge on any atom is -0.488 e. The van der Waals surface area contributed by atoms with Crippen LogP contribution in [0.4, 0.5) is 4.39 Å². The third-order valence-electron chi connectivity index (χ3n) is 3.29. The van der Waals surface area contributed by atoms with Crippen LogP contribution < -0.4 is 10.5 Å². The van der Waals surface area contributed by atoms with Crippen molar-refractivity contribution in [1.29, 1.82) is 0 Å². The third-order valence-corrected chi connectivity index (χ3v) is 3.29. The van der Waals surface area contributed by atoms with Crippen molar-refractivity contribution in [2.45, 2.75) is 45.3 Å². The Hall–Kier alpha value is -1.13. The molecule has 4 heteroatoms. The molecule has 0 unspecified atom stereocenters. The van der Waals surface area contributed by atoms with Crippen LogP contribution in [0.5, 0.6) is 5.75 Å². The van der Waals surface area contributed by atoms with Gasteiger partial charge in [0, 0.05) is 6.04 Å². The van der Waals surface area contributed by atoms with Gasteiger partial charge in [0.15, 0.2) is 11.6 Å². The standard InChI is InChI=1S/C14H22FNO2/c1-4-14(17,5-2)9-18-13-7-6-11(10(3)16)8-12(13)15/h6-8,10,17H,4-5,9,16H2,1-3H3/t10-/m1/s1. The van der Waals surface area contributed by atoms with Gasteiger partial charge in [0.1, 0.15) is 6.61 Å². The molecule has 0 fully saturated rings. The summed E-state index contributed by atoms with van der Waals surface area (Å²) in [6.07, 6.45) is 1.14. The lowest BCUT2D eigenvalue weighted by molar-refractivity contribution is -0.0123. The normalized spacial score (nSPS) is 13.4. The smallest absolute Gasteiger partial charge is 0.165 e. The van der Waals surface area contributed by atoms with Crippen LogP contribution in [-0.4, -0.2) is 17.3 Å². The Morgan fingerprint density at radius 1 is 1.39 bits per heavy atom. The monoisotopic (exact) mass is 255 g/mol. The van der Waals surface area contributed by atoms with E-state index < -0.39 is 11.4 Å². The fourth-order valence-electron chi connectivity index (χ4n) is 1.58. The minimum atomic E-state index is -0.897. The topological polar surface area (TPSA) is 55.5 Å². The highest BCUT2D eigenvalue weighted by Crippen LogP contribution is 2.23. The van der Waals surface area contributed by atoms with E-state index in [1.54, 1.807) is 19.1 Å². The molecule has 0 amide bonds. The molecule has 1 rings (SSSR count). The Kier molecular flexibility index (Phi) is 5.11. The average Bonchev–Trinajstić information content (AvgIpc) is 2.36. The zero-order chi connectivity index (χ0) is 13.8. The number of rotatable bonds is 6. The zero-order valence-electron chi connectivity index (χ0n) is 11.2. The predicted molar refractivity (Wildman–Crippen MR) is 70.0 cm³/mol. The van der Waals surface area contributed by atoms with Crippen LogP contribution in [0.25, 0.3) is 0 Å². The molecule has 0 spiro atoms. The van der Waals surface area contributed by atoms with Gasteiger partial charge in [-0.3, -0.25) is 0 Å². The maximum absolute atomic E-state index is 13.7. The van der Waals surface area contributed by atoms with E-state index in [-0.39, 0.29) is 18.4 Å². The Bertz CT molecular complexity index is 389. The fourth-order valence-corrected chi connectivity index (χ4v) is 1.58. The molecule has 0 saturated heterocycles. The molecule has 0 aliphatic rings. The van der Waals surface area contributed by atoms with E-state index in [2.05, 4.69) is 0 Å².